The van der Waals surface area contributed by atoms with Crippen LogP contribution in [0.25, 0.3) is 16.6 Å². The number of ether oxygens (including phenoxy) is 1. The standard InChI is InChI=1S/C20H27N7O/c1-13-12-28-10-9-27(13)18-11-15(17(24-2)4-7-22)14-5-8-25-20(19(14)26-18)16(23)3-6-21/h3,5-8,11,13,17,21-22,24H,4,9-10,12,23H2,1-2H3/b16-3-,21-6?,22-7?. The van der Waals surface area contributed by atoms with Gasteiger partial charge in [-0.1, -0.05) is 0 Å². The van der Waals surface area contributed by atoms with Crippen molar-refractivity contribution in [2.45, 2.75) is 25.4 Å². The van der Waals surface area contributed by atoms with Crippen molar-refractivity contribution < 1.29 is 4.74 Å². The Morgan fingerprint density at radius 1 is 1.50 bits per heavy atom. The first kappa shape index (κ1) is 19.9. The summed E-state index contributed by atoms with van der Waals surface area (Å²) >= 11 is 0. The Bertz CT molecular complexity index is 895. The average Bonchev–Trinajstić information content (AvgIpc) is 2.71. The van der Waals surface area contributed by atoms with Gasteiger partial charge in [-0.15, -0.1) is 0 Å². The number of rotatable bonds is 7. The van der Waals surface area contributed by atoms with Crippen LogP contribution < -0.4 is 16.0 Å². The smallest absolute Gasteiger partial charge is 0.130 e. The van der Waals surface area contributed by atoms with Gasteiger partial charge in [0.2, 0.25) is 0 Å². The van der Waals surface area contributed by atoms with E-state index in [1.54, 1.807) is 6.20 Å². The maximum atomic E-state index is 7.57. The maximum absolute atomic E-state index is 7.57. The Balaban J connectivity index is 2.26. The van der Waals surface area contributed by atoms with Crippen molar-refractivity contribution in [1.82, 2.24) is 15.3 Å². The number of aromatic nitrogens is 2. The lowest BCUT2D eigenvalue weighted by Gasteiger charge is -2.35. The molecule has 1 saturated heterocycles. The molecule has 1 aliphatic rings. The molecule has 0 saturated carbocycles. The predicted molar refractivity (Wildman–Crippen MR) is 113 cm³/mol. The van der Waals surface area contributed by atoms with Crippen LogP contribution >= 0.6 is 0 Å². The van der Waals surface area contributed by atoms with E-state index in [1.807, 2.05) is 13.1 Å². The van der Waals surface area contributed by atoms with E-state index in [0.29, 0.717) is 36.5 Å². The van der Waals surface area contributed by atoms with E-state index in [1.165, 1.54) is 12.3 Å². The molecule has 3 rings (SSSR count). The van der Waals surface area contributed by atoms with Gasteiger partial charge in [0, 0.05) is 36.8 Å². The van der Waals surface area contributed by atoms with Crippen molar-refractivity contribution in [3.05, 3.63) is 35.7 Å². The van der Waals surface area contributed by atoms with E-state index < -0.39 is 0 Å². The summed E-state index contributed by atoms with van der Waals surface area (Å²) in [6, 6.07) is 4.20. The summed E-state index contributed by atoms with van der Waals surface area (Å²) in [5.41, 5.74) is 8.89. The molecule has 0 aromatic carbocycles. The summed E-state index contributed by atoms with van der Waals surface area (Å²) in [5.74, 6) is 0.848. The SMILES string of the molecule is CNC(CC=N)c1cc(N2CCOCC2C)nc2c(/C(N)=C/C=N)nccc12. The second kappa shape index (κ2) is 8.90. The van der Waals surface area contributed by atoms with Crippen molar-refractivity contribution in [3.63, 3.8) is 0 Å². The van der Waals surface area contributed by atoms with Crippen LogP contribution in [0.1, 0.15) is 30.6 Å². The summed E-state index contributed by atoms with van der Waals surface area (Å²) in [5, 5.41) is 19.1. The fraction of sp³-hybridized carbons (Fsp3) is 0.400. The second-order valence-corrected chi connectivity index (χ2v) is 6.81. The van der Waals surface area contributed by atoms with Gasteiger partial charge in [-0.3, -0.25) is 4.98 Å². The fourth-order valence-corrected chi connectivity index (χ4v) is 3.56. The van der Waals surface area contributed by atoms with Crippen molar-refractivity contribution >= 4 is 34.8 Å². The molecular formula is C20H27N7O. The number of nitrogens with zero attached hydrogens (tertiary/aromatic N) is 3. The zero-order chi connectivity index (χ0) is 20.1. The molecule has 1 aliphatic heterocycles. The van der Waals surface area contributed by atoms with Crippen LogP contribution in [0.4, 0.5) is 5.82 Å². The molecule has 0 aliphatic carbocycles. The minimum atomic E-state index is -0.0266. The predicted octanol–water partition coefficient (Wildman–Crippen LogP) is 2.10. The van der Waals surface area contributed by atoms with Gasteiger partial charge in [-0.25, -0.2) is 4.98 Å². The van der Waals surface area contributed by atoms with Gasteiger partial charge in [0.05, 0.1) is 25.0 Å². The van der Waals surface area contributed by atoms with Gasteiger partial charge in [0.15, 0.2) is 0 Å². The summed E-state index contributed by atoms with van der Waals surface area (Å²) in [4.78, 5) is 11.6. The topological polar surface area (TPSA) is 124 Å². The van der Waals surface area contributed by atoms with Crippen LogP contribution in [-0.2, 0) is 4.74 Å². The largest absolute Gasteiger partial charge is 0.397 e. The normalized spacial score (nSPS) is 18.9. The number of nitrogens with one attached hydrogen (secondary N) is 3. The lowest BCUT2D eigenvalue weighted by molar-refractivity contribution is 0.0985. The monoisotopic (exact) mass is 381 g/mol. The molecule has 5 N–H and O–H groups in total. The molecule has 148 valence electrons. The van der Waals surface area contributed by atoms with E-state index in [9.17, 15) is 0 Å². The number of anilines is 1. The van der Waals surface area contributed by atoms with Crippen molar-refractivity contribution in [1.29, 1.82) is 10.8 Å². The molecule has 8 nitrogen and oxygen atoms in total. The first-order chi connectivity index (χ1) is 13.6. The minimum absolute atomic E-state index is 0.0266. The van der Waals surface area contributed by atoms with E-state index in [-0.39, 0.29) is 12.1 Å². The number of hydrogen-bond donors (Lipinski definition) is 4. The van der Waals surface area contributed by atoms with Gasteiger partial charge >= 0.3 is 0 Å². The van der Waals surface area contributed by atoms with E-state index in [2.05, 4.69) is 28.2 Å². The molecule has 1 fully saturated rings. The third-order valence-corrected chi connectivity index (χ3v) is 5.02. The first-order valence-corrected chi connectivity index (χ1v) is 9.37. The highest BCUT2D eigenvalue weighted by molar-refractivity contribution is 5.94. The van der Waals surface area contributed by atoms with Gasteiger partial charge in [-0.2, -0.15) is 0 Å². The zero-order valence-electron chi connectivity index (χ0n) is 16.3. The molecule has 2 aromatic heterocycles. The van der Waals surface area contributed by atoms with Crippen LogP contribution in [-0.4, -0.2) is 55.2 Å². The molecule has 2 atom stereocenters. The van der Waals surface area contributed by atoms with Crippen LogP contribution in [0, 0.1) is 10.8 Å². The molecule has 2 unspecified atom stereocenters. The van der Waals surface area contributed by atoms with E-state index >= 15 is 0 Å². The highest BCUT2D eigenvalue weighted by Gasteiger charge is 2.24. The average molecular weight is 381 g/mol. The van der Waals surface area contributed by atoms with Gasteiger partial charge < -0.3 is 31.5 Å². The molecule has 0 radical (unpaired) electrons. The van der Waals surface area contributed by atoms with Gasteiger partial charge in [0.25, 0.3) is 0 Å². The van der Waals surface area contributed by atoms with Crippen molar-refractivity contribution in [3.8, 4) is 0 Å². The molecule has 0 bridgehead atoms. The summed E-state index contributed by atoms with van der Waals surface area (Å²) in [6.07, 6.45) is 6.35. The number of nitrogens with two attached hydrogens (primary N) is 1. The lowest BCUT2D eigenvalue weighted by atomic mass is 9.98. The van der Waals surface area contributed by atoms with Crippen molar-refractivity contribution in [2.75, 3.05) is 31.7 Å². The Kier molecular flexibility index (Phi) is 6.33. The fourth-order valence-electron chi connectivity index (χ4n) is 3.56. The maximum Gasteiger partial charge on any atom is 0.130 e. The number of allylic oxidation sites excluding steroid dienone is 1. The number of fused-ring (bicyclic) bond motifs is 1. The van der Waals surface area contributed by atoms with Crippen LogP contribution in [0.5, 0.6) is 0 Å². The molecule has 8 heteroatoms. The third kappa shape index (κ3) is 3.88. The highest BCUT2D eigenvalue weighted by atomic mass is 16.5. The van der Waals surface area contributed by atoms with Gasteiger partial charge in [0.1, 0.15) is 17.0 Å². The van der Waals surface area contributed by atoms with E-state index in [0.717, 1.165) is 29.5 Å². The minimum Gasteiger partial charge on any atom is -0.397 e. The highest BCUT2D eigenvalue weighted by Crippen LogP contribution is 2.32. The zero-order valence-corrected chi connectivity index (χ0v) is 16.3. The Morgan fingerprint density at radius 2 is 2.32 bits per heavy atom. The molecule has 28 heavy (non-hydrogen) atoms. The van der Waals surface area contributed by atoms with Gasteiger partial charge in [-0.05, 0) is 44.0 Å². The molecule has 0 spiro atoms. The molecular weight excluding hydrogens is 354 g/mol. The van der Waals surface area contributed by atoms with E-state index in [4.69, 9.17) is 26.3 Å². The number of hydrogen-bond acceptors (Lipinski definition) is 8. The third-order valence-electron chi connectivity index (χ3n) is 5.02. The molecule has 2 aromatic rings. The van der Waals surface area contributed by atoms with Crippen molar-refractivity contribution in [2.24, 2.45) is 5.73 Å². The first-order valence-electron chi connectivity index (χ1n) is 9.37. The summed E-state index contributed by atoms with van der Waals surface area (Å²) in [7, 11) is 1.89. The lowest BCUT2D eigenvalue weighted by Crippen LogP contribution is -2.44. The van der Waals surface area contributed by atoms with Crippen LogP contribution in [0.15, 0.2) is 24.4 Å². The molecule has 3 heterocycles. The summed E-state index contributed by atoms with van der Waals surface area (Å²) in [6.45, 7) is 4.19. The number of morpholine rings is 1. The Labute approximate surface area is 164 Å². The quantitative estimate of drug-likeness (QED) is 0.545. The van der Waals surface area contributed by atoms with Crippen LogP contribution in [0.3, 0.4) is 0 Å². The molecule has 0 amide bonds. The Morgan fingerprint density at radius 3 is 3.00 bits per heavy atom. The number of pyridine rings is 2. The summed E-state index contributed by atoms with van der Waals surface area (Å²) < 4.78 is 5.57. The Hall–Kier alpha value is -2.84. The second-order valence-electron chi connectivity index (χ2n) is 6.81. The van der Waals surface area contributed by atoms with Crippen LogP contribution in [0.2, 0.25) is 0 Å².